The Morgan fingerprint density at radius 3 is 2.68 bits per heavy atom. The highest BCUT2D eigenvalue weighted by molar-refractivity contribution is 5.86. The summed E-state index contributed by atoms with van der Waals surface area (Å²) in [6.45, 7) is 2.01. The third-order valence-corrected chi connectivity index (χ3v) is 7.90. The molecule has 1 saturated heterocycles. The van der Waals surface area contributed by atoms with E-state index in [9.17, 15) is 4.79 Å². The molecule has 0 radical (unpaired) electrons. The third-order valence-electron chi connectivity index (χ3n) is 7.90. The van der Waals surface area contributed by atoms with Gasteiger partial charge in [-0.2, -0.15) is 0 Å². The summed E-state index contributed by atoms with van der Waals surface area (Å²) in [5.41, 5.74) is 3.82. The Hall–Kier alpha value is -2.09. The average molecular weight is 429 g/mol. The maximum atomic E-state index is 12.9. The highest BCUT2D eigenvalue weighted by Gasteiger charge is 2.53. The monoisotopic (exact) mass is 428 g/mol. The minimum absolute atomic E-state index is 0.0900. The first-order chi connectivity index (χ1) is 15.1. The fourth-order valence-corrected chi connectivity index (χ4v) is 6.47. The van der Waals surface area contributed by atoms with Crippen molar-refractivity contribution < 1.29 is 23.7 Å². The van der Waals surface area contributed by atoms with E-state index >= 15 is 0 Å². The lowest BCUT2D eigenvalue weighted by molar-refractivity contribution is -0.179. The van der Waals surface area contributed by atoms with Crippen molar-refractivity contribution in [1.29, 1.82) is 0 Å². The first-order valence-electron chi connectivity index (χ1n) is 11.2. The molecular weight excluding hydrogens is 396 g/mol. The largest absolute Gasteiger partial charge is 0.497 e. The van der Waals surface area contributed by atoms with Crippen molar-refractivity contribution in [2.45, 2.75) is 37.5 Å². The topological polar surface area (TPSA) is 73.0 Å². The second-order valence-electron chi connectivity index (χ2n) is 9.11. The Morgan fingerprint density at radius 1 is 1.13 bits per heavy atom. The zero-order valence-electron chi connectivity index (χ0n) is 18.7. The second-order valence-corrected chi connectivity index (χ2v) is 9.11. The molecule has 2 aliphatic heterocycles. The van der Waals surface area contributed by atoms with Gasteiger partial charge >= 0.3 is 5.97 Å². The summed E-state index contributed by atoms with van der Waals surface area (Å²) in [6.07, 6.45) is 2.49. The molecule has 3 aliphatic rings. The number of fused-ring (bicyclic) bond motifs is 6. The van der Waals surface area contributed by atoms with Gasteiger partial charge in [-0.3, -0.25) is 9.69 Å². The molecule has 1 aromatic carbocycles. The van der Waals surface area contributed by atoms with E-state index in [-0.39, 0.29) is 36.1 Å². The van der Waals surface area contributed by atoms with Gasteiger partial charge in [0, 0.05) is 50.0 Å². The van der Waals surface area contributed by atoms with Gasteiger partial charge in [-0.05, 0) is 48.8 Å². The number of carbonyl (C=O) groups excluding carboxylic acids is 1. The van der Waals surface area contributed by atoms with Crippen LogP contribution in [-0.2, 0) is 25.4 Å². The highest BCUT2D eigenvalue weighted by atomic mass is 16.5. The lowest BCUT2D eigenvalue weighted by Crippen LogP contribution is -2.58. The number of ether oxygens (including phenoxy) is 4. The van der Waals surface area contributed by atoms with Gasteiger partial charge in [0.1, 0.15) is 5.75 Å². The van der Waals surface area contributed by atoms with Gasteiger partial charge in [0.2, 0.25) is 0 Å². The van der Waals surface area contributed by atoms with Gasteiger partial charge in [-0.15, -0.1) is 0 Å². The Balaban J connectivity index is 1.52. The van der Waals surface area contributed by atoms with Crippen LogP contribution in [0, 0.1) is 17.8 Å². The van der Waals surface area contributed by atoms with Crippen molar-refractivity contribution >= 4 is 16.9 Å². The smallest absolute Gasteiger partial charge is 0.311 e. The number of benzene rings is 1. The molecule has 7 nitrogen and oxygen atoms in total. The normalized spacial score (nSPS) is 32.8. The van der Waals surface area contributed by atoms with E-state index < -0.39 is 0 Å². The van der Waals surface area contributed by atoms with Gasteiger partial charge in [0.05, 0.1) is 38.4 Å². The van der Waals surface area contributed by atoms with Crippen molar-refractivity contribution in [1.82, 2.24) is 9.88 Å². The highest BCUT2D eigenvalue weighted by Crippen LogP contribution is 2.50. The van der Waals surface area contributed by atoms with Crippen LogP contribution in [0.5, 0.6) is 5.75 Å². The zero-order chi connectivity index (χ0) is 21.7. The van der Waals surface area contributed by atoms with E-state index in [1.54, 1.807) is 21.3 Å². The maximum Gasteiger partial charge on any atom is 0.311 e. The van der Waals surface area contributed by atoms with Crippen molar-refractivity contribution in [3.05, 3.63) is 29.5 Å². The molecule has 7 heteroatoms. The van der Waals surface area contributed by atoms with Crippen LogP contribution >= 0.6 is 0 Å². The third kappa shape index (κ3) is 3.25. The standard InChI is InChI=1S/C24H32N2O5/c1-28-14-5-6-15-16-7-8-26-12-13-9-20(29-2)23(30-3)21(24(27)31-4)17(13)11-19(26)22(16)25-18(15)10-14/h5-6,10,13,17,19-21,23,25H,7-9,11-12H2,1-4H3/t13-,17-,19-,20+,21-,23+/m1/s1. The van der Waals surface area contributed by atoms with Gasteiger partial charge in [0.15, 0.2) is 0 Å². The molecule has 0 unspecified atom stereocenters. The van der Waals surface area contributed by atoms with E-state index in [0.717, 1.165) is 43.6 Å². The number of hydrogen-bond donors (Lipinski definition) is 1. The molecule has 6 atom stereocenters. The lowest BCUT2D eigenvalue weighted by Gasteiger charge is -2.53. The molecule has 0 bridgehead atoms. The molecule has 31 heavy (non-hydrogen) atoms. The molecule has 168 valence electrons. The Kier molecular flexibility index (Phi) is 5.44. The summed E-state index contributed by atoms with van der Waals surface area (Å²) in [4.78, 5) is 19.2. The number of esters is 1. The number of nitrogens with zero attached hydrogens (tertiary/aromatic N) is 1. The molecule has 0 spiro atoms. The van der Waals surface area contributed by atoms with Gasteiger partial charge in [-0.1, -0.05) is 0 Å². The van der Waals surface area contributed by atoms with Crippen LogP contribution in [-0.4, -0.2) is 69.6 Å². The number of aromatic amines is 1. The van der Waals surface area contributed by atoms with Crippen LogP contribution in [0.25, 0.3) is 10.9 Å². The number of aromatic nitrogens is 1. The van der Waals surface area contributed by atoms with Crippen molar-refractivity contribution in [3.63, 3.8) is 0 Å². The maximum absolute atomic E-state index is 12.9. The predicted octanol–water partition coefficient (Wildman–Crippen LogP) is 2.93. The van der Waals surface area contributed by atoms with Crippen molar-refractivity contribution in [3.8, 4) is 5.75 Å². The van der Waals surface area contributed by atoms with Crippen LogP contribution in [0.2, 0.25) is 0 Å². The average Bonchev–Trinajstić information content (AvgIpc) is 3.19. The van der Waals surface area contributed by atoms with Crippen molar-refractivity contribution in [2.75, 3.05) is 41.5 Å². The van der Waals surface area contributed by atoms with E-state index in [0.29, 0.717) is 5.92 Å². The van der Waals surface area contributed by atoms with Crippen LogP contribution in [0.15, 0.2) is 18.2 Å². The Labute approximate surface area is 183 Å². The number of carbonyl (C=O) groups is 1. The van der Waals surface area contributed by atoms with Crippen LogP contribution < -0.4 is 4.74 Å². The van der Waals surface area contributed by atoms with Gasteiger partial charge in [0.25, 0.3) is 0 Å². The molecule has 1 N–H and O–H groups in total. The molecule has 1 aromatic heterocycles. The molecule has 1 saturated carbocycles. The molecule has 3 heterocycles. The first-order valence-corrected chi connectivity index (χ1v) is 11.2. The Morgan fingerprint density at radius 2 is 1.97 bits per heavy atom. The zero-order valence-corrected chi connectivity index (χ0v) is 18.7. The fourth-order valence-electron chi connectivity index (χ4n) is 6.47. The minimum atomic E-state index is -0.310. The second kappa shape index (κ2) is 8.11. The SMILES string of the molecule is COC(=O)[C@@H]1[C@@H]2C[C@@H]3c4[nH]c5cc(OC)ccc5c4CCN3C[C@H]2C[C@H](OC)[C@@H]1OC. The van der Waals surface area contributed by atoms with Gasteiger partial charge < -0.3 is 23.9 Å². The molecule has 0 amide bonds. The van der Waals surface area contributed by atoms with E-state index in [2.05, 4.69) is 22.0 Å². The molecule has 2 fully saturated rings. The summed E-state index contributed by atoms with van der Waals surface area (Å²) >= 11 is 0. The number of H-pyrrole nitrogens is 1. The van der Waals surface area contributed by atoms with Crippen LogP contribution in [0.3, 0.4) is 0 Å². The summed E-state index contributed by atoms with van der Waals surface area (Å²) in [7, 11) is 6.55. The molecule has 1 aliphatic carbocycles. The predicted molar refractivity (Wildman–Crippen MR) is 116 cm³/mol. The van der Waals surface area contributed by atoms with Crippen LogP contribution in [0.1, 0.15) is 30.1 Å². The van der Waals surface area contributed by atoms with E-state index in [4.69, 9.17) is 18.9 Å². The summed E-state index contributed by atoms with van der Waals surface area (Å²) in [6, 6.07) is 6.54. The first kappa shape index (κ1) is 20.8. The molecule has 2 aromatic rings. The van der Waals surface area contributed by atoms with Crippen LogP contribution in [0.4, 0.5) is 0 Å². The molecule has 5 rings (SSSR count). The number of rotatable bonds is 4. The number of nitrogens with one attached hydrogen (secondary N) is 1. The van der Waals surface area contributed by atoms with Gasteiger partial charge in [-0.25, -0.2) is 0 Å². The van der Waals surface area contributed by atoms with E-state index in [1.165, 1.54) is 23.8 Å². The quantitative estimate of drug-likeness (QED) is 0.755. The lowest BCUT2D eigenvalue weighted by atomic mass is 9.64. The number of piperidine rings is 1. The summed E-state index contributed by atoms with van der Waals surface area (Å²) < 4.78 is 22.2. The minimum Gasteiger partial charge on any atom is -0.497 e. The van der Waals surface area contributed by atoms with Crippen molar-refractivity contribution in [2.24, 2.45) is 17.8 Å². The Bertz CT molecular complexity index is 972. The summed E-state index contributed by atoms with van der Waals surface area (Å²) in [5, 5.41) is 1.28. The number of hydrogen-bond acceptors (Lipinski definition) is 6. The number of methoxy groups -OCH3 is 4. The molecular formula is C24H32N2O5. The fraction of sp³-hybridized carbons (Fsp3) is 0.625. The summed E-state index contributed by atoms with van der Waals surface area (Å²) in [5.74, 6) is 0.961. The van der Waals surface area contributed by atoms with E-state index in [1.807, 2.05) is 6.07 Å².